The predicted molar refractivity (Wildman–Crippen MR) is 115 cm³/mol. The summed E-state index contributed by atoms with van der Waals surface area (Å²) in [6.45, 7) is 2.98. The van der Waals surface area contributed by atoms with Crippen LogP contribution in [0, 0.1) is 12.3 Å². The molecule has 0 radical (unpaired) electrons. The van der Waals surface area contributed by atoms with Crippen molar-refractivity contribution in [2.45, 2.75) is 26.2 Å². The highest BCUT2D eigenvalue weighted by Crippen LogP contribution is 2.35. The Kier molecular flexibility index (Phi) is 6.65. The van der Waals surface area contributed by atoms with E-state index in [-0.39, 0.29) is 5.78 Å². The van der Waals surface area contributed by atoms with Crippen molar-refractivity contribution in [3.63, 3.8) is 0 Å². The highest BCUT2D eigenvalue weighted by Gasteiger charge is 2.24. The van der Waals surface area contributed by atoms with E-state index in [2.05, 4.69) is 12.8 Å². The standard InChI is InChI=1S/C13H8O.C13H16O/c14-13-11-7-3-1-5-9(11)10-6-2-4-8-12(10)13;1-3-5-6-11-14-13-9-7-12(4-2)8-10-13/h1-8H;2,7-10H,3,5-6,11H2,1H3. The van der Waals surface area contributed by atoms with E-state index in [9.17, 15) is 4.79 Å². The Bertz CT molecular complexity index is 930. The van der Waals surface area contributed by atoms with E-state index in [4.69, 9.17) is 11.2 Å². The number of ether oxygens (including phenoxy) is 1. The van der Waals surface area contributed by atoms with Crippen LogP contribution < -0.4 is 4.74 Å². The Hall–Kier alpha value is -3.31. The molecule has 3 aromatic rings. The molecular weight excluding hydrogens is 344 g/mol. The molecule has 1 aliphatic rings. The summed E-state index contributed by atoms with van der Waals surface area (Å²) in [6, 6.07) is 23.1. The number of hydrogen-bond acceptors (Lipinski definition) is 2. The molecule has 4 rings (SSSR count). The van der Waals surface area contributed by atoms with Gasteiger partial charge in [0.05, 0.1) is 6.61 Å². The molecule has 0 saturated carbocycles. The van der Waals surface area contributed by atoms with E-state index in [1.54, 1.807) is 0 Å². The molecule has 0 aliphatic heterocycles. The van der Waals surface area contributed by atoms with E-state index >= 15 is 0 Å². The van der Waals surface area contributed by atoms with Crippen LogP contribution in [0.1, 0.15) is 47.7 Å². The molecule has 0 atom stereocenters. The predicted octanol–water partition coefficient (Wildman–Crippen LogP) is 6.13. The van der Waals surface area contributed by atoms with E-state index in [1.807, 2.05) is 72.8 Å². The summed E-state index contributed by atoms with van der Waals surface area (Å²) >= 11 is 0. The number of rotatable bonds is 5. The number of unbranched alkanes of at least 4 members (excludes halogenated alkanes) is 2. The molecule has 0 bridgehead atoms. The normalized spacial score (nSPS) is 10.9. The molecule has 3 aromatic carbocycles. The summed E-state index contributed by atoms with van der Waals surface area (Å²) < 4.78 is 5.54. The quantitative estimate of drug-likeness (QED) is 0.313. The fraction of sp³-hybridized carbons (Fsp3) is 0.192. The lowest BCUT2D eigenvalue weighted by Gasteiger charge is -2.04. The minimum absolute atomic E-state index is 0.149. The molecule has 0 saturated heterocycles. The SMILES string of the molecule is C#Cc1ccc(OCCCCC)cc1.O=C1c2ccccc2-c2ccccc21. The number of terminal acetylenes is 1. The summed E-state index contributed by atoms with van der Waals surface area (Å²) in [5, 5.41) is 0. The maximum atomic E-state index is 11.9. The van der Waals surface area contributed by atoms with Crippen LogP contribution in [0.4, 0.5) is 0 Å². The Morgan fingerprint density at radius 3 is 1.82 bits per heavy atom. The lowest BCUT2D eigenvalue weighted by molar-refractivity contribution is 0.104. The third-order valence-electron chi connectivity index (χ3n) is 4.67. The molecule has 0 N–H and O–H groups in total. The van der Waals surface area contributed by atoms with Crippen molar-refractivity contribution in [1.82, 2.24) is 0 Å². The van der Waals surface area contributed by atoms with Gasteiger partial charge in [-0.3, -0.25) is 4.79 Å². The van der Waals surface area contributed by atoms with Crippen LogP contribution in [-0.4, -0.2) is 12.4 Å². The lowest BCUT2D eigenvalue weighted by atomic mass is 10.1. The molecule has 0 amide bonds. The summed E-state index contributed by atoms with van der Waals surface area (Å²) in [5.74, 6) is 3.63. The third-order valence-corrected chi connectivity index (χ3v) is 4.67. The van der Waals surface area contributed by atoms with Gasteiger partial charge in [0.25, 0.3) is 0 Å². The van der Waals surface area contributed by atoms with Crippen molar-refractivity contribution >= 4 is 5.78 Å². The molecule has 0 spiro atoms. The Balaban J connectivity index is 0.000000161. The van der Waals surface area contributed by atoms with Crippen molar-refractivity contribution in [1.29, 1.82) is 0 Å². The van der Waals surface area contributed by atoms with Gasteiger partial charge in [-0.05, 0) is 41.8 Å². The Labute approximate surface area is 167 Å². The highest BCUT2D eigenvalue weighted by molar-refractivity contribution is 6.21. The summed E-state index contributed by atoms with van der Waals surface area (Å²) in [5.41, 5.74) is 4.68. The van der Waals surface area contributed by atoms with Gasteiger partial charge in [0.1, 0.15) is 5.75 Å². The van der Waals surface area contributed by atoms with Crippen LogP contribution in [0.25, 0.3) is 11.1 Å². The summed E-state index contributed by atoms with van der Waals surface area (Å²) in [4.78, 5) is 11.9. The van der Waals surface area contributed by atoms with E-state index in [0.717, 1.165) is 46.6 Å². The second-order valence-electron chi connectivity index (χ2n) is 6.64. The van der Waals surface area contributed by atoms with Gasteiger partial charge in [0, 0.05) is 16.7 Å². The minimum Gasteiger partial charge on any atom is -0.494 e. The zero-order valence-electron chi connectivity index (χ0n) is 16.2. The molecule has 0 heterocycles. The number of carbonyl (C=O) groups excluding carboxylic acids is 1. The number of fused-ring (bicyclic) bond motifs is 3. The largest absolute Gasteiger partial charge is 0.494 e. The van der Waals surface area contributed by atoms with Crippen LogP contribution in [0.3, 0.4) is 0 Å². The average molecular weight is 368 g/mol. The molecule has 140 valence electrons. The number of ketones is 1. The van der Waals surface area contributed by atoms with Crippen molar-refractivity contribution < 1.29 is 9.53 Å². The first kappa shape index (κ1) is 19.5. The molecular formula is C26H24O2. The van der Waals surface area contributed by atoms with Gasteiger partial charge in [0.2, 0.25) is 0 Å². The molecule has 0 unspecified atom stereocenters. The molecule has 0 fully saturated rings. The molecule has 0 aromatic heterocycles. The molecule has 28 heavy (non-hydrogen) atoms. The number of carbonyl (C=O) groups is 1. The fourth-order valence-electron chi connectivity index (χ4n) is 3.17. The van der Waals surface area contributed by atoms with E-state index in [1.165, 1.54) is 12.8 Å². The van der Waals surface area contributed by atoms with Crippen LogP contribution in [-0.2, 0) is 0 Å². The van der Waals surface area contributed by atoms with Crippen molar-refractivity contribution in [3.8, 4) is 29.2 Å². The van der Waals surface area contributed by atoms with Gasteiger partial charge in [-0.2, -0.15) is 0 Å². The monoisotopic (exact) mass is 368 g/mol. The van der Waals surface area contributed by atoms with Crippen molar-refractivity contribution in [2.75, 3.05) is 6.61 Å². The van der Waals surface area contributed by atoms with E-state index < -0.39 is 0 Å². The maximum absolute atomic E-state index is 11.9. The van der Waals surface area contributed by atoms with E-state index in [0.29, 0.717) is 0 Å². The van der Waals surface area contributed by atoms with Crippen molar-refractivity contribution in [2.24, 2.45) is 0 Å². The van der Waals surface area contributed by atoms with Crippen LogP contribution in [0.2, 0.25) is 0 Å². The first-order valence-electron chi connectivity index (χ1n) is 9.67. The lowest BCUT2D eigenvalue weighted by Crippen LogP contribution is -1.96. The zero-order chi connectivity index (χ0) is 19.8. The zero-order valence-corrected chi connectivity index (χ0v) is 16.2. The molecule has 1 aliphatic carbocycles. The second kappa shape index (κ2) is 9.58. The van der Waals surface area contributed by atoms with Gasteiger partial charge in [-0.15, -0.1) is 6.42 Å². The smallest absolute Gasteiger partial charge is 0.194 e. The topological polar surface area (TPSA) is 26.3 Å². The molecule has 2 nitrogen and oxygen atoms in total. The highest BCUT2D eigenvalue weighted by atomic mass is 16.5. The van der Waals surface area contributed by atoms with Gasteiger partial charge in [-0.25, -0.2) is 0 Å². The van der Waals surface area contributed by atoms with Crippen LogP contribution in [0.5, 0.6) is 5.75 Å². The number of hydrogen-bond donors (Lipinski definition) is 0. The van der Waals surface area contributed by atoms with Crippen LogP contribution in [0.15, 0.2) is 72.8 Å². The van der Waals surface area contributed by atoms with Gasteiger partial charge in [-0.1, -0.05) is 74.2 Å². The van der Waals surface area contributed by atoms with Crippen molar-refractivity contribution in [3.05, 3.63) is 89.5 Å². The summed E-state index contributed by atoms with van der Waals surface area (Å²) in [7, 11) is 0. The van der Waals surface area contributed by atoms with Gasteiger partial charge < -0.3 is 4.74 Å². The first-order valence-corrected chi connectivity index (χ1v) is 9.67. The number of benzene rings is 3. The van der Waals surface area contributed by atoms with Gasteiger partial charge >= 0.3 is 0 Å². The Morgan fingerprint density at radius 1 is 0.786 bits per heavy atom. The minimum atomic E-state index is 0.149. The fourth-order valence-corrected chi connectivity index (χ4v) is 3.17. The summed E-state index contributed by atoms with van der Waals surface area (Å²) in [6.07, 6.45) is 8.81. The average Bonchev–Trinajstić information content (AvgIpc) is 3.05. The third kappa shape index (κ3) is 4.50. The first-order chi connectivity index (χ1) is 13.7. The Morgan fingerprint density at radius 2 is 1.32 bits per heavy atom. The molecule has 2 heteroatoms. The van der Waals surface area contributed by atoms with Gasteiger partial charge in [0.15, 0.2) is 5.78 Å². The maximum Gasteiger partial charge on any atom is 0.194 e. The second-order valence-corrected chi connectivity index (χ2v) is 6.64. The van der Waals surface area contributed by atoms with Crippen LogP contribution >= 0.6 is 0 Å².